The summed E-state index contributed by atoms with van der Waals surface area (Å²) in [6, 6.07) is 10.1. The average molecular weight is 437 g/mol. The van der Waals surface area contributed by atoms with Gasteiger partial charge in [-0.2, -0.15) is 0 Å². The van der Waals surface area contributed by atoms with Crippen LogP contribution in [-0.2, 0) is 14.8 Å². The van der Waals surface area contributed by atoms with Crippen LogP contribution in [0.15, 0.2) is 47.4 Å². The van der Waals surface area contributed by atoms with E-state index >= 15 is 0 Å². The molecule has 0 aliphatic carbocycles. The van der Waals surface area contributed by atoms with Crippen LogP contribution in [0.3, 0.4) is 0 Å². The Hall–Kier alpha value is -2.65. The van der Waals surface area contributed by atoms with Gasteiger partial charge in [0, 0.05) is 32.5 Å². The Bertz CT molecular complexity index is 995. The van der Waals surface area contributed by atoms with E-state index in [0.717, 1.165) is 12.0 Å². The highest BCUT2D eigenvalue weighted by atomic mass is 32.2. The molecule has 0 saturated heterocycles. The standard InChI is InChI=1S/C21H25FN2O5S/c1-15(16-4-6-17(22)7-5-16)24(2)21(25)10-11-23-30(26,27)18-8-9-19-20(14-18)29-13-3-12-28-19/h4-9,14-15,23H,3,10-13H2,1-2H3. The molecule has 2 aromatic rings. The van der Waals surface area contributed by atoms with Crippen LogP contribution in [0, 0.1) is 5.82 Å². The monoisotopic (exact) mass is 436 g/mol. The van der Waals surface area contributed by atoms with Gasteiger partial charge >= 0.3 is 0 Å². The molecule has 30 heavy (non-hydrogen) atoms. The molecule has 0 spiro atoms. The number of amides is 1. The summed E-state index contributed by atoms with van der Waals surface area (Å²) >= 11 is 0. The van der Waals surface area contributed by atoms with E-state index in [0.29, 0.717) is 24.7 Å². The summed E-state index contributed by atoms with van der Waals surface area (Å²) in [5, 5.41) is 0. The van der Waals surface area contributed by atoms with Crippen molar-refractivity contribution in [3.05, 3.63) is 53.8 Å². The van der Waals surface area contributed by atoms with Crippen molar-refractivity contribution in [3.63, 3.8) is 0 Å². The van der Waals surface area contributed by atoms with Gasteiger partial charge in [-0.25, -0.2) is 17.5 Å². The lowest BCUT2D eigenvalue weighted by Gasteiger charge is -2.25. The van der Waals surface area contributed by atoms with Crippen LogP contribution in [-0.4, -0.2) is 46.0 Å². The second-order valence-electron chi connectivity index (χ2n) is 7.04. The molecule has 2 aromatic carbocycles. The molecule has 9 heteroatoms. The first kappa shape index (κ1) is 22.0. The molecule has 1 atom stereocenters. The molecular formula is C21H25FN2O5S. The van der Waals surface area contributed by atoms with E-state index < -0.39 is 10.0 Å². The van der Waals surface area contributed by atoms with Crippen molar-refractivity contribution in [3.8, 4) is 11.5 Å². The number of hydrogen-bond donors (Lipinski definition) is 1. The van der Waals surface area contributed by atoms with Crippen LogP contribution in [0.1, 0.15) is 31.4 Å². The van der Waals surface area contributed by atoms with E-state index in [9.17, 15) is 17.6 Å². The number of carbonyl (C=O) groups excluding carboxylic acids is 1. The Morgan fingerprint density at radius 1 is 1.13 bits per heavy atom. The lowest BCUT2D eigenvalue weighted by atomic mass is 10.1. The summed E-state index contributed by atoms with van der Waals surface area (Å²) in [6.45, 7) is 2.75. The molecule has 0 bridgehead atoms. The Morgan fingerprint density at radius 3 is 2.50 bits per heavy atom. The van der Waals surface area contributed by atoms with Crippen LogP contribution in [0.25, 0.3) is 0 Å². The smallest absolute Gasteiger partial charge is 0.240 e. The Balaban J connectivity index is 1.57. The highest BCUT2D eigenvalue weighted by Gasteiger charge is 2.21. The zero-order chi connectivity index (χ0) is 21.7. The molecule has 162 valence electrons. The van der Waals surface area contributed by atoms with Gasteiger partial charge in [0.15, 0.2) is 11.5 Å². The Kier molecular flexibility index (Phi) is 6.94. The predicted octanol–water partition coefficient (Wildman–Crippen LogP) is 2.88. The van der Waals surface area contributed by atoms with Gasteiger partial charge in [-0.05, 0) is 36.8 Å². The first-order chi connectivity index (χ1) is 14.3. The SMILES string of the molecule is CC(c1ccc(F)cc1)N(C)C(=O)CCNS(=O)(=O)c1ccc2c(c1)OCCCO2. The van der Waals surface area contributed by atoms with Crippen molar-refractivity contribution in [1.29, 1.82) is 0 Å². The van der Waals surface area contributed by atoms with Crippen LogP contribution in [0.4, 0.5) is 4.39 Å². The molecule has 0 aromatic heterocycles. The summed E-state index contributed by atoms with van der Waals surface area (Å²) in [6.07, 6.45) is 0.715. The van der Waals surface area contributed by atoms with Gasteiger partial charge in [-0.15, -0.1) is 0 Å². The van der Waals surface area contributed by atoms with Crippen LogP contribution >= 0.6 is 0 Å². The van der Waals surface area contributed by atoms with Gasteiger partial charge in [0.05, 0.1) is 24.2 Å². The van der Waals surface area contributed by atoms with Crippen molar-refractivity contribution in [2.24, 2.45) is 0 Å². The summed E-state index contributed by atoms with van der Waals surface area (Å²) in [4.78, 5) is 14.0. The van der Waals surface area contributed by atoms with Crippen molar-refractivity contribution >= 4 is 15.9 Å². The molecule has 0 radical (unpaired) electrons. The molecule has 1 heterocycles. The zero-order valence-corrected chi connectivity index (χ0v) is 17.7. The molecule has 1 N–H and O–H groups in total. The first-order valence-electron chi connectivity index (χ1n) is 9.68. The van der Waals surface area contributed by atoms with Crippen molar-refractivity contribution < 1.29 is 27.1 Å². The first-order valence-corrected chi connectivity index (χ1v) is 11.2. The van der Waals surface area contributed by atoms with E-state index in [2.05, 4.69) is 4.72 Å². The maximum atomic E-state index is 13.1. The molecule has 3 rings (SSSR count). The number of nitrogens with one attached hydrogen (secondary N) is 1. The lowest BCUT2D eigenvalue weighted by Crippen LogP contribution is -2.33. The van der Waals surface area contributed by atoms with Crippen molar-refractivity contribution in [2.45, 2.75) is 30.7 Å². The van der Waals surface area contributed by atoms with E-state index in [1.54, 1.807) is 25.2 Å². The van der Waals surface area contributed by atoms with Gasteiger partial charge in [0.2, 0.25) is 15.9 Å². The number of carbonyl (C=O) groups is 1. The van der Waals surface area contributed by atoms with Gasteiger partial charge < -0.3 is 14.4 Å². The fourth-order valence-corrected chi connectivity index (χ4v) is 4.09. The number of halogens is 1. The fraction of sp³-hybridized carbons (Fsp3) is 0.381. The second-order valence-corrected chi connectivity index (χ2v) is 8.81. The molecule has 1 unspecified atom stereocenters. The number of nitrogens with zero attached hydrogens (tertiary/aromatic N) is 1. The summed E-state index contributed by atoms with van der Waals surface area (Å²) < 4.78 is 51.7. The van der Waals surface area contributed by atoms with Crippen LogP contribution in [0.2, 0.25) is 0 Å². The molecule has 1 aliphatic heterocycles. The molecule has 1 aliphatic rings. The van der Waals surface area contributed by atoms with E-state index in [-0.39, 0.29) is 35.6 Å². The Labute approximate surface area is 175 Å². The molecule has 0 fully saturated rings. The van der Waals surface area contributed by atoms with Gasteiger partial charge in [-0.3, -0.25) is 4.79 Å². The summed E-state index contributed by atoms with van der Waals surface area (Å²) in [5.74, 6) is 0.328. The van der Waals surface area contributed by atoms with Gasteiger partial charge in [0.1, 0.15) is 5.82 Å². The maximum Gasteiger partial charge on any atom is 0.240 e. The van der Waals surface area contributed by atoms with Crippen LogP contribution < -0.4 is 14.2 Å². The van der Waals surface area contributed by atoms with Crippen molar-refractivity contribution in [1.82, 2.24) is 9.62 Å². The minimum absolute atomic E-state index is 0.00812. The second kappa shape index (κ2) is 9.44. The maximum absolute atomic E-state index is 13.1. The third kappa shape index (κ3) is 5.28. The minimum Gasteiger partial charge on any atom is -0.490 e. The number of benzene rings is 2. The quantitative estimate of drug-likeness (QED) is 0.722. The number of sulfonamides is 1. The third-order valence-electron chi connectivity index (χ3n) is 4.99. The van der Waals surface area contributed by atoms with E-state index in [1.807, 2.05) is 6.92 Å². The number of rotatable bonds is 7. The topological polar surface area (TPSA) is 84.9 Å². The fourth-order valence-electron chi connectivity index (χ4n) is 3.04. The predicted molar refractivity (Wildman–Crippen MR) is 109 cm³/mol. The third-order valence-corrected chi connectivity index (χ3v) is 6.45. The molecular weight excluding hydrogens is 411 g/mol. The highest BCUT2D eigenvalue weighted by Crippen LogP contribution is 2.31. The normalized spacial score (nSPS) is 14.6. The van der Waals surface area contributed by atoms with Crippen LogP contribution in [0.5, 0.6) is 11.5 Å². The van der Waals surface area contributed by atoms with Crippen molar-refractivity contribution in [2.75, 3.05) is 26.8 Å². The lowest BCUT2D eigenvalue weighted by molar-refractivity contribution is -0.131. The zero-order valence-electron chi connectivity index (χ0n) is 16.9. The van der Waals surface area contributed by atoms with E-state index in [1.165, 1.54) is 29.2 Å². The number of fused-ring (bicyclic) bond motifs is 1. The Morgan fingerprint density at radius 2 is 1.80 bits per heavy atom. The van der Waals surface area contributed by atoms with E-state index in [4.69, 9.17) is 9.47 Å². The number of hydrogen-bond acceptors (Lipinski definition) is 5. The average Bonchev–Trinajstić information content (AvgIpc) is 2.98. The largest absolute Gasteiger partial charge is 0.490 e. The highest BCUT2D eigenvalue weighted by molar-refractivity contribution is 7.89. The number of ether oxygens (including phenoxy) is 2. The summed E-state index contributed by atoms with van der Waals surface area (Å²) in [7, 11) is -2.17. The molecule has 1 amide bonds. The molecule has 0 saturated carbocycles. The van der Waals surface area contributed by atoms with Gasteiger partial charge in [-0.1, -0.05) is 12.1 Å². The molecule has 7 nitrogen and oxygen atoms in total. The summed E-state index contributed by atoms with van der Waals surface area (Å²) in [5.41, 5.74) is 0.792. The van der Waals surface area contributed by atoms with Gasteiger partial charge in [0.25, 0.3) is 0 Å². The minimum atomic E-state index is -3.80.